The Hall–Kier alpha value is -1.62. The summed E-state index contributed by atoms with van der Waals surface area (Å²) in [4.78, 5) is 27.3. The largest absolute Gasteiger partial charge is 0.367 e. The van der Waals surface area contributed by atoms with E-state index in [4.69, 9.17) is 0 Å². The fourth-order valence-electron chi connectivity index (χ4n) is 5.39. The van der Waals surface area contributed by atoms with Crippen LogP contribution in [0.4, 0.5) is 5.69 Å². The molecule has 0 spiro atoms. The Balaban J connectivity index is 1.36. The summed E-state index contributed by atoms with van der Waals surface area (Å²) >= 11 is 3.57. The lowest BCUT2D eigenvalue weighted by atomic mass is 9.63. The molecule has 0 unspecified atom stereocenters. The van der Waals surface area contributed by atoms with E-state index in [1.54, 1.807) is 0 Å². The molecule has 1 N–H and O–H groups in total. The average Bonchev–Trinajstić information content (AvgIpc) is 3.37. The van der Waals surface area contributed by atoms with Crippen molar-refractivity contribution in [1.82, 2.24) is 4.90 Å². The van der Waals surface area contributed by atoms with Crippen molar-refractivity contribution in [2.24, 2.45) is 35.5 Å². The minimum absolute atomic E-state index is 0.0257. The summed E-state index contributed by atoms with van der Waals surface area (Å²) < 4.78 is 1.10. The second kappa shape index (κ2) is 5.19. The van der Waals surface area contributed by atoms with Crippen LogP contribution in [0.25, 0.3) is 0 Å². The van der Waals surface area contributed by atoms with Crippen molar-refractivity contribution in [3.05, 3.63) is 39.9 Å². The molecule has 25 heavy (non-hydrogen) atoms. The topological polar surface area (TPSA) is 49.4 Å². The number of aryl methyl sites for hydroxylation is 2. The van der Waals surface area contributed by atoms with Gasteiger partial charge in [-0.05, 0) is 67.2 Å². The number of nitrogens with zero attached hydrogens (tertiary/aromatic N) is 1. The van der Waals surface area contributed by atoms with Crippen molar-refractivity contribution in [2.45, 2.75) is 20.3 Å². The van der Waals surface area contributed by atoms with Crippen LogP contribution in [0.15, 0.2) is 28.8 Å². The van der Waals surface area contributed by atoms with Gasteiger partial charge in [0.2, 0.25) is 11.8 Å². The van der Waals surface area contributed by atoms with E-state index in [2.05, 4.69) is 33.4 Å². The minimum atomic E-state index is -0.110. The van der Waals surface area contributed by atoms with E-state index in [0.29, 0.717) is 23.7 Å². The molecular formula is C20H21BrN2O2. The maximum atomic E-state index is 12.9. The fourth-order valence-corrected chi connectivity index (χ4v) is 5.62. The van der Waals surface area contributed by atoms with E-state index in [9.17, 15) is 9.59 Å². The summed E-state index contributed by atoms with van der Waals surface area (Å²) in [5, 5.41) is 3.28. The number of hydrogen-bond acceptors (Lipinski definition) is 3. The Morgan fingerprint density at radius 1 is 1.04 bits per heavy atom. The van der Waals surface area contributed by atoms with E-state index in [1.807, 2.05) is 26.0 Å². The number of carbonyl (C=O) groups excluding carboxylic acids is 2. The lowest BCUT2D eigenvalue weighted by Gasteiger charge is -2.37. The van der Waals surface area contributed by atoms with Crippen LogP contribution in [0.3, 0.4) is 0 Å². The number of hydrogen-bond donors (Lipinski definition) is 1. The third-order valence-electron chi connectivity index (χ3n) is 6.63. The number of imide groups is 1. The lowest BCUT2D eigenvalue weighted by molar-refractivity contribution is -0.139. The van der Waals surface area contributed by atoms with Crippen LogP contribution in [-0.2, 0) is 9.59 Å². The third kappa shape index (κ3) is 2.11. The zero-order valence-electron chi connectivity index (χ0n) is 14.3. The van der Waals surface area contributed by atoms with Gasteiger partial charge in [-0.2, -0.15) is 0 Å². The molecule has 130 valence electrons. The number of rotatable bonds is 3. The van der Waals surface area contributed by atoms with Crippen LogP contribution in [0.2, 0.25) is 0 Å². The van der Waals surface area contributed by atoms with E-state index in [-0.39, 0.29) is 30.3 Å². The van der Waals surface area contributed by atoms with Gasteiger partial charge in [0.25, 0.3) is 0 Å². The molecule has 2 saturated carbocycles. The number of amides is 2. The van der Waals surface area contributed by atoms with Crippen LogP contribution in [-0.4, -0.2) is 23.4 Å². The standard InChI is InChI=1S/C20H21BrN2O2/c1-9-5-11(6-10(2)18(9)21)22-8-23-19(24)16-12-3-4-13(15-7-14(12)15)17(16)20(23)25/h3-6,12-17,22H,7-8H2,1-2H3/t12-,13-,14+,15+,16-,17+/m1/s1. The van der Waals surface area contributed by atoms with Crippen LogP contribution in [0, 0.1) is 49.4 Å². The smallest absolute Gasteiger partial charge is 0.235 e. The quantitative estimate of drug-likeness (QED) is 0.623. The number of allylic oxidation sites excluding steroid dienone is 2. The van der Waals surface area contributed by atoms with Gasteiger partial charge in [-0.1, -0.05) is 28.1 Å². The van der Waals surface area contributed by atoms with Gasteiger partial charge in [-0.15, -0.1) is 0 Å². The molecule has 5 heteroatoms. The molecule has 2 bridgehead atoms. The number of benzene rings is 1. The molecule has 0 aromatic heterocycles. The number of anilines is 1. The highest BCUT2D eigenvalue weighted by Gasteiger charge is 2.66. The number of likely N-dealkylation sites (tertiary alicyclic amines) is 1. The molecule has 4 aliphatic carbocycles. The summed E-state index contributed by atoms with van der Waals surface area (Å²) in [6.45, 7) is 4.34. The second-order valence-electron chi connectivity index (χ2n) is 8.02. The van der Waals surface area contributed by atoms with Crippen LogP contribution in [0.1, 0.15) is 17.5 Å². The molecule has 6 rings (SSSR count). The highest BCUT2D eigenvalue weighted by atomic mass is 79.9. The first-order valence-corrected chi connectivity index (χ1v) is 9.81. The van der Waals surface area contributed by atoms with Gasteiger partial charge in [0.15, 0.2) is 0 Å². The molecule has 4 nitrogen and oxygen atoms in total. The monoisotopic (exact) mass is 400 g/mol. The lowest BCUT2D eigenvalue weighted by Crippen LogP contribution is -2.40. The number of nitrogens with one attached hydrogen (secondary N) is 1. The predicted molar refractivity (Wildman–Crippen MR) is 98.7 cm³/mol. The Bertz CT molecular complexity index is 774. The van der Waals surface area contributed by atoms with Gasteiger partial charge in [-0.3, -0.25) is 14.5 Å². The van der Waals surface area contributed by atoms with Gasteiger partial charge >= 0.3 is 0 Å². The van der Waals surface area contributed by atoms with Crippen LogP contribution >= 0.6 is 15.9 Å². The van der Waals surface area contributed by atoms with Gasteiger partial charge in [0.05, 0.1) is 18.5 Å². The van der Waals surface area contributed by atoms with E-state index >= 15 is 0 Å². The third-order valence-corrected chi connectivity index (χ3v) is 7.88. The highest BCUT2D eigenvalue weighted by Crippen LogP contribution is 2.65. The van der Waals surface area contributed by atoms with E-state index in [1.165, 1.54) is 11.3 Å². The average molecular weight is 401 g/mol. The zero-order valence-corrected chi connectivity index (χ0v) is 15.9. The first kappa shape index (κ1) is 15.6. The molecule has 6 atom stereocenters. The van der Waals surface area contributed by atoms with E-state index < -0.39 is 0 Å². The van der Waals surface area contributed by atoms with Gasteiger partial charge < -0.3 is 5.32 Å². The molecule has 1 aromatic rings. The molecule has 1 saturated heterocycles. The normalized spacial score (nSPS) is 37.3. The van der Waals surface area contributed by atoms with Crippen LogP contribution in [0.5, 0.6) is 0 Å². The second-order valence-corrected chi connectivity index (χ2v) is 8.81. The van der Waals surface area contributed by atoms with Crippen molar-refractivity contribution < 1.29 is 9.59 Å². The summed E-state index contributed by atoms with van der Waals surface area (Å²) in [7, 11) is 0. The summed E-state index contributed by atoms with van der Waals surface area (Å²) in [6, 6.07) is 4.07. The summed E-state index contributed by atoms with van der Waals surface area (Å²) in [5.41, 5.74) is 3.22. The number of halogens is 1. The molecule has 1 aliphatic heterocycles. The van der Waals surface area contributed by atoms with Gasteiger partial charge in [0.1, 0.15) is 0 Å². The SMILES string of the molecule is Cc1cc(NCN2C(=O)[C@@H]3[C@@H]4C=C[C@H]([C@@H]5C[C@@H]45)[C@@H]3C2=O)cc(C)c1Br. The Morgan fingerprint density at radius 2 is 1.56 bits per heavy atom. The minimum Gasteiger partial charge on any atom is -0.367 e. The van der Waals surface area contributed by atoms with Gasteiger partial charge in [0, 0.05) is 10.2 Å². The zero-order chi connectivity index (χ0) is 17.5. The van der Waals surface area contributed by atoms with Crippen molar-refractivity contribution >= 4 is 33.4 Å². The molecule has 1 aromatic carbocycles. The van der Waals surface area contributed by atoms with Crippen molar-refractivity contribution in [3.63, 3.8) is 0 Å². The maximum absolute atomic E-state index is 12.9. The molecule has 5 aliphatic rings. The summed E-state index contributed by atoms with van der Waals surface area (Å²) in [6.07, 6.45) is 5.62. The first-order chi connectivity index (χ1) is 12.0. The molecule has 2 amide bonds. The summed E-state index contributed by atoms with van der Waals surface area (Å²) in [5.74, 6) is 1.71. The molecule has 1 heterocycles. The van der Waals surface area contributed by atoms with Crippen molar-refractivity contribution in [2.75, 3.05) is 12.0 Å². The predicted octanol–water partition coefficient (Wildman–Crippen LogP) is 3.49. The van der Waals surface area contributed by atoms with Crippen molar-refractivity contribution in [1.29, 1.82) is 0 Å². The van der Waals surface area contributed by atoms with E-state index in [0.717, 1.165) is 21.3 Å². The van der Waals surface area contributed by atoms with Crippen LogP contribution < -0.4 is 5.32 Å². The number of carbonyl (C=O) groups is 2. The maximum Gasteiger partial charge on any atom is 0.235 e. The highest BCUT2D eigenvalue weighted by molar-refractivity contribution is 9.10. The fraction of sp³-hybridized carbons (Fsp3) is 0.500. The van der Waals surface area contributed by atoms with Gasteiger partial charge in [-0.25, -0.2) is 0 Å². The Labute approximate surface area is 155 Å². The molecule has 3 fully saturated rings. The Morgan fingerprint density at radius 3 is 2.08 bits per heavy atom. The Kier molecular flexibility index (Phi) is 3.25. The molecule has 0 radical (unpaired) electrons. The first-order valence-electron chi connectivity index (χ1n) is 9.01. The molecular weight excluding hydrogens is 380 g/mol. The van der Waals surface area contributed by atoms with Crippen molar-refractivity contribution in [3.8, 4) is 0 Å².